The number of rotatable bonds is 4. The highest BCUT2D eigenvalue weighted by Crippen LogP contribution is 2.40. The molecule has 3 heteroatoms. The number of nitrogens with zero attached hydrogens (tertiary/aromatic N) is 1. The first kappa shape index (κ1) is 12.8. The van der Waals surface area contributed by atoms with Gasteiger partial charge in [0.05, 0.1) is 5.41 Å². The number of aromatic nitrogens is 1. The van der Waals surface area contributed by atoms with Gasteiger partial charge >= 0.3 is 0 Å². The lowest BCUT2D eigenvalue weighted by Crippen LogP contribution is -2.37. The van der Waals surface area contributed by atoms with Crippen molar-refractivity contribution in [2.45, 2.75) is 38.5 Å². The molecule has 1 saturated carbocycles. The minimum absolute atomic E-state index is 0.0980. The average Bonchev–Trinajstić information content (AvgIpc) is 2.41. The first-order valence-electron chi connectivity index (χ1n) is 6.60. The molecule has 3 nitrogen and oxygen atoms in total. The number of carbonyl (C=O) groups excluding carboxylic acids is 1. The van der Waals surface area contributed by atoms with E-state index in [9.17, 15) is 4.79 Å². The summed E-state index contributed by atoms with van der Waals surface area (Å²) in [7, 11) is 0. The van der Waals surface area contributed by atoms with Crippen molar-refractivity contribution in [1.29, 1.82) is 0 Å². The SMILES string of the molecule is C=CCC1(C(=O)Nc2ccccn2)CCCCC1. The number of hydrogen-bond donors (Lipinski definition) is 1. The number of hydrogen-bond acceptors (Lipinski definition) is 2. The van der Waals surface area contributed by atoms with E-state index in [1.54, 1.807) is 6.20 Å². The maximum absolute atomic E-state index is 12.5. The van der Waals surface area contributed by atoms with Crippen LogP contribution in [0, 0.1) is 5.41 Å². The lowest BCUT2D eigenvalue weighted by Gasteiger charge is -2.34. The molecule has 1 aromatic heterocycles. The summed E-state index contributed by atoms with van der Waals surface area (Å²) >= 11 is 0. The standard InChI is InChI=1S/C15H20N2O/c1-2-9-15(10-5-3-6-11-15)14(18)17-13-8-4-7-12-16-13/h2,4,7-8,12H,1,3,5-6,9-11H2,(H,16,17,18). The third kappa shape index (κ3) is 2.78. The van der Waals surface area contributed by atoms with Crippen LogP contribution in [-0.2, 0) is 4.79 Å². The highest BCUT2D eigenvalue weighted by atomic mass is 16.2. The van der Waals surface area contributed by atoms with Gasteiger partial charge in [0, 0.05) is 6.20 Å². The van der Waals surface area contributed by atoms with Crippen LogP contribution in [0.2, 0.25) is 0 Å². The lowest BCUT2D eigenvalue weighted by atomic mass is 9.71. The van der Waals surface area contributed by atoms with E-state index in [0.717, 1.165) is 32.1 Å². The topological polar surface area (TPSA) is 42.0 Å². The fourth-order valence-electron chi connectivity index (χ4n) is 2.71. The molecule has 1 N–H and O–H groups in total. The van der Waals surface area contributed by atoms with Gasteiger partial charge in [-0.3, -0.25) is 4.79 Å². The molecule has 1 aliphatic carbocycles. The van der Waals surface area contributed by atoms with Crippen molar-refractivity contribution in [1.82, 2.24) is 4.98 Å². The van der Waals surface area contributed by atoms with Crippen molar-refractivity contribution in [3.05, 3.63) is 37.1 Å². The zero-order valence-corrected chi connectivity index (χ0v) is 10.7. The van der Waals surface area contributed by atoms with Crippen molar-refractivity contribution in [2.75, 3.05) is 5.32 Å². The van der Waals surface area contributed by atoms with Crippen LogP contribution >= 0.6 is 0 Å². The van der Waals surface area contributed by atoms with Crippen LogP contribution in [0.15, 0.2) is 37.1 Å². The summed E-state index contributed by atoms with van der Waals surface area (Å²) in [6.07, 6.45) is 9.71. The van der Waals surface area contributed by atoms with Gasteiger partial charge in [-0.2, -0.15) is 0 Å². The van der Waals surface area contributed by atoms with Crippen LogP contribution in [-0.4, -0.2) is 10.9 Å². The van der Waals surface area contributed by atoms with Crippen LogP contribution in [0.4, 0.5) is 5.82 Å². The van der Waals surface area contributed by atoms with E-state index in [0.29, 0.717) is 5.82 Å². The van der Waals surface area contributed by atoms with Gasteiger partial charge in [0.2, 0.25) is 5.91 Å². The van der Waals surface area contributed by atoms with Crippen molar-refractivity contribution < 1.29 is 4.79 Å². The Hall–Kier alpha value is -1.64. The molecule has 2 rings (SSSR count). The first-order chi connectivity index (χ1) is 8.77. The summed E-state index contributed by atoms with van der Waals surface area (Å²) in [6.45, 7) is 3.79. The predicted molar refractivity (Wildman–Crippen MR) is 73.2 cm³/mol. The molecule has 1 fully saturated rings. The molecule has 18 heavy (non-hydrogen) atoms. The zero-order valence-electron chi connectivity index (χ0n) is 10.7. The third-order valence-corrected chi connectivity index (χ3v) is 3.73. The van der Waals surface area contributed by atoms with E-state index in [2.05, 4.69) is 16.9 Å². The number of nitrogens with one attached hydrogen (secondary N) is 1. The van der Waals surface area contributed by atoms with Gasteiger partial charge in [0.25, 0.3) is 0 Å². The second-order valence-corrected chi connectivity index (χ2v) is 5.00. The summed E-state index contributed by atoms with van der Waals surface area (Å²) in [5, 5.41) is 2.94. The van der Waals surface area contributed by atoms with E-state index in [1.165, 1.54) is 6.42 Å². The van der Waals surface area contributed by atoms with Gasteiger partial charge in [-0.1, -0.05) is 31.4 Å². The van der Waals surface area contributed by atoms with Crippen LogP contribution in [0.1, 0.15) is 38.5 Å². The van der Waals surface area contributed by atoms with Crippen molar-refractivity contribution in [2.24, 2.45) is 5.41 Å². The predicted octanol–water partition coefficient (Wildman–Crippen LogP) is 3.55. The molecule has 0 spiro atoms. The molecular weight excluding hydrogens is 224 g/mol. The minimum atomic E-state index is -0.266. The molecule has 1 aromatic rings. The summed E-state index contributed by atoms with van der Waals surface area (Å²) < 4.78 is 0. The fourth-order valence-corrected chi connectivity index (χ4v) is 2.71. The average molecular weight is 244 g/mol. The van der Waals surface area contributed by atoms with Gasteiger partial charge in [0.1, 0.15) is 5.82 Å². The Morgan fingerprint density at radius 2 is 2.17 bits per heavy atom. The molecule has 1 aliphatic rings. The van der Waals surface area contributed by atoms with Gasteiger partial charge in [0.15, 0.2) is 0 Å². The monoisotopic (exact) mass is 244 g/mol. The largest absolute Gasteiger partial charge is 0.310 e. The molecule has 96 valence electrons. The minimum Gasteiger partial charge on any atom is -0.310 e. The molecule has 0 unspecified atom stereocenters. The van der Waals surface area contributed by atoms with E-state index in [-0.39, 0.29) is 11.3 Å². The Balaban J connectivity index is 2.11. The van der Waals surface area contributed by atoms with Gasteiger partial charge < -0.3 is 5.32 Å². The Labute approximate surface area is 108 Å². The third-order valence-electron chi connectivity index (χ3n) is 3.73. The van der Waals surface area contributed by atoms with Crippen molar-refractivity contribution >= 4 is 11.7 Å². The van der Waals surface area contributed by atoms with Crippen LogP contribution < -0.4 is 5.32 Å². The van der Waals surface area contributed by atoms with Crippen molar-refractivity contribution in [3.63, 3.8) is 0 Å². The molecule has 0 radical (unpaired) electrons. The van der Waals surface area contributed by atoms with E-state index in [4.69, 9.17) is 0 Å². The summed E-state index contributed by atoms with van der Waals surface area (Å²) in [5.41, 5.74) is -0.266. The molecule has 0 saturated heterocycles. The summed E-state index contributed by atoms with van der Waals surface area (Å²) in [6, 6.07) is 5.54. The van der Waals surface area contributed by atoms with Crippen LogP contribution in [0.5, 0.6) is 0 Å². The molecule has 0 aromatic carbocycles. The second kappa shape index (κ2) is 5.80. The molecule has 1 heterocycles. The number of amides is 1. The molecule has 1 amide bonds. The Bertz CT molecular complexity index is 408. The van der Waals surface area contributed by atoms with E-state index >= 15 is 0 Å². The van der Waals surface area contributed by atoms with Crippen LogP contribution in [0.3, 0.4) is 0 Å². The maximum atomic E-state index is 12.5. The summed E-state index contributed by atoms with van der Waals surface area (Å²) in [5.74, 6) is 0.734. The number of carbonyl (C=O) groups is 1. The molecule has 0 bridgehead atoms. The number of anilines is 1. The highest BCUT2D eigenvalue weighted by molar-refractivity contribution is 5.94. The molecular formula is C15H20N2O. The van der Waals surface area contributed by atoms with E-state index < -0.39 is 0 Å². The zero-order chi connectivity index (χ0) is 12.8. The highest BCUT2D eigenvalue weighted by Gasteiger charge is 2.38. The van der Waals surface area contributed by atoms with Gasteiger partial charge in [-0.25, -0.2) is 4.98 Å². The van der Waals surface area contributed by atoms with Crippen molar-refractivity contribution in [3.8, 4) is 0 Å². The number of pyridine rings is 1. The summed E-state index contributed by atoms with van der Waals surface area (Å²) in [4.78, 5) is 16.6. The Morgan fingerprint density at radius 1 is 1.39 bits per heavy atom. The quantitative estimate of drug-likeness (QED) is 0.823. The van der Waals surface area contributed by atoms with Crippen LogP contribution in [0.25, 0.3) is 0 Å². The normalized spacial score (nSPS) is 18.0. The second-order valence-electron chi connectivity index (χ2n) is 5.00. The maximum Gasteiger partial charge on any atom is 0.232 e. The fraction of sp³-hybridized carbons (Fsp3) is 0.467. The lowest BCUT2D eigenvalue weighted by molar-refractivity contribution is -0.127. The van der Waals surface area contributed by atoms with Gasteiger partial charge in [-0.15, -0.1) is 6.58 Å². The van der Waals surface area contributed by atoms with Gasteiger partial charge in [-0.05, 0) is 31.4 Å². The molecule has 0 aliphatic heterocycles. The Morgan fingerprint density at radius 3 is 2.78 bits per heavy atom. The first-order valence-corrected chi connectivity index (χ1v) is 6.60. The Kier molecular flexibility index (Phi) is 4.13. The smallest absolute Gasteiger partial charge is 0.232 e. The number of allylic oxidation sites excluding steroid dienone is 1. The molecule has 0 atom stereocenters. The van der Waals surface area contributed by atoms with E-state index in [1.807, 2.05) is 24.3 Å².